The molecule has 0 spiro atoms. The van der Waals surface area contributed by atoms with Crippen molar-refractivity contribution in [3.8, 4) is 0 Å². The Morgan fingerprint density at radius 2 is 2.10 bits per heavy atom. The van der Waals surface area contributed by atoms with Gasteiger partial charge in [-0.05, 0) is 50.9 Å². The number of halogens is 2. The van der Waals surface area contributed by atoms with Crippen molar-refractivity contribution >= 4 is 41.5 Å². The monoisotopic (exact) mass is 331 g/mol. The number of anilines is 1. The average Bonchev–Trinajstić information content (AvgIpc) is 2.41. The van der Waals surface area contributed by atoms with Crippen LogP contribution in [-0.2, 0) is 4.79 Å². The van der Waals surface area contributed by atoms with Crippen molar-refractivity contribution < 1.29 is 9.59 Å². The predicted octanol–water partition coefficient (Wildman–Crippen LogP) is 2.33. The molecule has 1 atom stereocenters. The molecule has 0 saturated carbocycles. The van der Waals surface area contributed by atoms with Crippen LogP contribution in [0.2, 0.25) is 5.02 Å². The zero-order valence-corrected chi connectivity index (χ0v) is 13.3. The van der Waals surface area contributed by atoms with Gasteiger partial charge in [0.2, 0.25) is 11.8 Å². The predicted molar refractivity (Wildman–Crippen MR) is 86.1 cm³/mol. The quantitative estimate of drug-likeness (QED) is 0.794. The van der Waals surface area contributed by atoms with Crippen LogP contribution in [0.5, 0.6) is 0 Å². The third kappa shape index (κ3) is 4.09. The van der Waals surface area contributed by atoms with Crippen molar-refractivity contribution in [1.82, 2.24) is 5.32 Å². The smallest absolute Gasteiger partial charge is 0.250 e. The van der Waals surface area contributed by atoms with E-state index in [2.05, 4.69) is 10.6 Å². The molecule has 2 amide bonds. The molecule has 1 aromatic carbocycles. The van der Waals surface area contributed by atoms with Crippen LogP contribution in [0.25, 0.3) is 0 Å². The summed E-state index contributed by atoms with van der Waals surface area (Å²) in [5.41, 5.74) is 5.37. The summed E-state index contributed by atoms with van der Waals surface area (Å²) in [6.07, 6.45) is 2.88. The Balaban J connectivity index is 0.00000220. The molecule has 0 bridgehead atoms. The molecular formula is C14H19Cl2N3O2. The third-order valence-electron chi connectivity index (χ3n) is 3.61. The van der Waals surface area contributed by atoms with Crippen LogP contribution in [0.3, 0.4) is 0 Å². The first-order valence-corrected chi connectivity index (χ1v) is 6.96. The van der Waals surface area contributed by atoms with Crippen LogP contribution >= 0.6 is 24.0 Å². The fourth-order valence-corrected chi connectivity index (χ4v) is 2.52. The lowest BCUT2D eigenvalue weighted by Crippen LogP contribution is -2.54. The highest BCUT2D eigenvalue weighted by molar-refractivity contribution is 6.34. The summed E-state index contributed by atoms with van der Waals surface area (Å²) in [5.74, 6) is -0.733. The highest BCUT2D eigenvalue weighted by atomic mass is 35.5. The van der Waals surface area contributed by atoms with E-state index >= 15 is 0 Å². The summed E-state index contributed by atoms with van der Waals surface area (Å²) >= 11 is 5.88. The SMILES string of the molecule is CC1(C(=O)Nc2ccc(Cl)c(C(N)=O)c2)CCCCN1.Cl. The van der Waals surface area contributed by atoms with E-state index in [1.54, 1.807) is 12.1 Å². The topological polar surface area (TPSA) is 84.2 Å². The van der Waals surface area contributed by atoms with Crippen molar-refractivity contribution in [2.75, 3.05) is 11.9 Å². The molecule has 2 rings (SSSR count). The molecule has 0 aromatic heterocycles. The molecule has 1 heterocycles. The summed E-state index contributed by atoms with van der Waals surface area (Å²) in [7, 11) is 0. The maximum Gasteiger partial charge on any atom is 0.250 e. The number of carbonyl (C=O) groups is 2. The van der Waals surface area contributed by atoms with Crippen LogP contribution in [0.4, 0.5) is 5.69 Å². The van der Waals surface area contributed by atoms with E-state index in [0.717, 1.165) is 25.8 Å². The number of piperidine rings is 1. The van der Waals surface area contributed by atoms with Gasteiger partial charge < -0.3 is 16.4 Å². The van der Waals surface area contributed by atoms with Gasteiger partial charge in [0, 0.05) is 5.69 Å². The van der Waals surface area contributed by atoms with E-state index in [1.165, 1.54) is 6.07 Å². The Morgan fingerprint density at radius 1 is 1.38 bits per heavy atom. The Morgan fingerprint density at radius 3 is 2.67 bits per heavy atom. The summed E-state index contributed by atoms with van der Waals surface area (Å²) < 4.78 is 0. The van der Waals surface area contributed by atoms with Crippen molar-refractivity contribution in [1.29, 1.82) is 0 Å². The van der Waals surface area contributed by atoms with Gasteiger partial charge in [-0.2, -0.15) is 0 Å². The van der Waals surface area contributed by atoms with Crippen molar-refractivity contribution in [2.45, 2.75) is 31.7 Å². The second kappa shape index (κ2) is 7.11. The minimum atomic E-state index is -0.617. The summed E-state index contributed by atoms with van der Waals surface area (Å²) in [6, 6.07) is 4.70. The Bertz CT molecular complexity index is 543. The van der Waals surface area contributed by atoms with Crippen LogP contribution < -0.4 is 16.4 Å². The highest BCUT2D eigenvalue weighted by Crippen LogP contribution is 2.23. The number of rotatable bonds is 3. The van der Waals surface area contributed by atoms with Crippen LogP contribution in [0, 0.1) is 0 Å². The number of carbonyl (C=O) groups excluding carboxylic acids is 2. The number of nitrogens with one attached hydrogen (secondary N) is 2. The second-order valence-electron chi connectivity index (χ2n) is 5.23. The maximum absolute atomic E-state index is 12.3. The Labute approximate surface area is 135 Å². The van der Waals surface area contributed by atoms with E-state index in [1.807, 2.05) is 6.92 Å². The fourth-order valence-electron chi connectivity index (χ4n) is 2.31. The van der Waals surface area contributed by atoms with Gasteiger partial charge in [-0.3, -0.25) is 9.59 Å². The second-order valence-corrected chi connectivity index (χ2v) is 5.64. The number of hydrogen-bond donors (Lipinski definition) is 3. The van der Waals surface area contributed by atoms with Crippen LogP contribution in [0.15, 0.2) is 18.2 Å². The van der Waals surface area contributed by atoms with Gasteiger partial charge in [0.1, 0.15) is 0 Å². The normalized spacial score (nSPS) is 21.2. The number of amides is 2. The van der Waals surface area contributed by atoms with Crippen LogP contribution in [0.1, 0.15) is 36.5 Å². The van der Waals surface area contributed by atoms with Crippen molar-refractivity contribution in [3.63, 3.8) is 0 Å². The first kappa shape index (κ1) is 17.8. The summed E-state index contributed by atoms with van der Waals surface area (Å²) in [6.45, 7) is 2.71. The van der Waals surface area contributed by atoms with Gasteiger partial charge in [-0.15, -0.1) is 12.4 Å². The Hall–Kier alpha value is -1.30. The zero-order chi connectivity index (χ0) is 14.8. The van der Waals surface area contributed by atoms with Crippen LogP contribution in [-0.4, -0.2) is 23.9 Å². The molecule has 5 nitrogen and oxygen atoms in total. The van der Waals surface area contributed by atoms with Gasteiger partial charge in [0.15, 0.2) is 0 Å². The van der Waals surface area contributed by atoms with E-state index < -0.39 is 11.4 Å². The van der Waals surface area contributed by atoms with Gasteiger partial charge in [0.05, 0.1) is 16.1 Å². The lowest BCUT2D eigenvalue weighted by molar-refractivity contribution is -0.122. The molecular weight excluding hydrogens is 313 g/mol. The molecule has 1 fully saturated rings. The Kier molecular flexibility index (Phi) is 6.01. The minimum Gasteiger partial charge on any atom is -0.366 e. The molecule has 7 heteroatoms. The molecule has 21 heavy (non-hydrogen) atoms. The standard InChI is InChI=1S/C14H18ClN3O2.ClH/c1-14(6-2-3-7-17-14)13(20)18-9-4-5-11(15)10(8-9)12(16)19;/h4-5,8,17H,2-3,6-7H2,1H3,(H2,16,19)(H,18,20);1H. The minimum absolute atomic E-state index is 0. The molecule has 0 radical (unpaired) electrons. The summed E-state index contributed by atoms with van der Waals surface area (Å²) in [5, 5.41) is 6.32. The molecule has 0 aliphatic carbocycles. The molecule has 1 aromatic rings. The molecule has 1 aliphatic heterocycles. The lowest BCUT2D eigenvalue weighted by Gasteiger charge is -2.33. The fraction of sp³-hybridized carbons (Fsp3) is 0.429. The van der Waals surface area contributed by atoms with Crippen molar-refractivity contribution in [2.24, 2.45) is 5.73 Å². The molecule has 1 saturated heterocycles. The lowest BCUT2D eigenvalue weighted by atomic mass is 9.90. The average molecular weight is 332 g/mol. The van der Waals surface area contributed by atoms with E-state index in [9.17, 15) is 9.59 Å². The third-order valence-corrected chi connectivity index (χ3v) is 3.94. The highest BCUT2D eigenvalue weighted by Gasteiger charge is 2.34. The zero-order valence-electron chi connectivity index (χ0n) is 11.7. The maximum atomic E-state index is 12.3. The van der Waals surface area contributed by atoms with Crippen molar-refractivity contribution in [3.05, 3.63) is 28.8 Å². The molecule has 116 valence electrons. The van der Waals surface area contributed by atoms with E-state index in [-0.39, 0.29) is 28.9 Å². The van der Waals surface area contributed by atoms with Gasteiger partial charge in [-0.25, -0.2) is 0 Å². The molecule has 4 N–H and O–H groups in total. The van der Waals surface area contributed by atoms with Gasteiger partial charge >= 0.3 is 0 Å². The van der Waals surface area contributed by atoms with Gasteiger partial charge in [0.25, 0.3) is 0 Å². The number of nitrogens with two attached hydrogens (primary N) is 1. The number of primary amides is 1. The van der Waals surface area contributed by atoms with Gasteiger partial charge in [-0.1, -0.05) is 11.6 Å². The molecule has 1 aliphatic rings. The number of benzene rings is 1. The summed E-state index contributed by atoms with van der Waals surface area (Å²) in [4.78, 5) is 23.6. The first-order valence-electron chi connectivity index (χ1n) is 6.58. The first-order chi connectivity index (χ1) is 9.42. The van der Waals surface area contributed by atoms with E-state index in [4.69, 9.17) is 17.3 Å². The molecule has 1 unspecified atom stereocenters. The number of hydrogen-bond acceptors (Lipinski definition) is 3. The van der Waals surface area contributed by atoms with E-state index in [0.29, 0.717) is 5.69 Å². The largest absolute Gasteiger partial charge is 0.366 e.